The van der Waals surface area contributed by atoms with Crippen LogP contribution in [-0.2, 0) is 14.9 Å². The van der Waals surface area contributed by atoms with Crippen LogP contribution in [0.25, 0.3) is 0 Å². The Morgan fingerprint density at radius 1 is 1.19 bits per heavy atom. The van der Waals surface area contributed by atoms with Crippen molar-refractivity contribution in [3.05, 3.63) is 47.0 Å². The van der Waals surface area contributed by atoms with Gasteiger partial charge in [-0.25, -0.2) is 4.79 Å². The number of hydrogen-bond acceptors (Lipinski definition) is 6. The molecule has 0 spiro atoms. The van der Waals surface area contributed by atoms with Crippen LogP contribution >= 0.6 is 0 Å². The van der Waals surface area contributed by atoms with Gasteiger partial charge in [-0.3, -0.25) is 9.45 Å². The third-order valence-electron chi connectivity index (χ3n) is 4.97. The number of rotatable bonds is 3. The van der Waals surface area contributed by atoms with Crippen molar-refractivity contribution in [3.63, 3.8) is 0 Å². The van der Waals surface area contributed by atoms with Crippen molar-refractivity contribution < 1.29 is 32.0 Å². The number of hydrogen-bond donors (Lipinski definition) is 1. The summed E-state index contributed by atoms with van der Waals surface area (Å²) in [6.07, 6.45) is -1.23. The molecule has 0 aromatic heterocycles. The van der Waals surface area contributed by atoms with Gasteiger partial charge in [0.2, 0.25) is 0 Å². The molecule has 0 saturated carbocycles. The summed E-state index contributed by atoms with van der Waals surface area (Å²) in [5.41, 5.74) is 1.53. The number of fused-ring (bicyclic) bond motifs is 1. The molecule has 0 fully saturated rings. The van der Waals surface area contributed by atoms with Crippen LogP contribution < -0.4 is 14.4 Å². The van der Waals surface area contributed by atoms with Gasteiger partial charge in [-0.15, -0.1) is 0 Å². The first-order valence-corrected chi connectivity index (χ1v) is 11.2. The fraction of sp³-hybridized carbons (Fsp3) is 0.409. The molecule has 1 aliphatic heterocycles. The van der Waals surface area contributed by atoms with Crippen molar-refractivity contribution in [3.8, 4) is 11.5 Å². The average Bonchev–Trinajstić information content (AvgIpc) is 2.64. The van der Waals surface area contributed by atoms with E-state index in [2.05, 4.69) is 0 Å². The summed E-state index contributed by atoms with van der Waals surface area (Å²) < 4.78 is 50.3. The van der Waals surface area contributed by atoms with Crippen LogP contribution in [0.1, 0.15) is 43.6 Å². The Morgan fingerprint density at radius 2 is 1.87 bits per heavy atom. The largest absolute Gasteiger partial charge is 0.497 e. The molecule has 1 atom stereocenters. The molecular formula is C22H27NO7S. The number of carbonyl (C=O) groups is 1. The van der Waals surface area contributed by atoms with Crippen molar-refractivity contribution in [2.24, 2.45) is 0 Å². The molecule has 2 aromatic rings. The highest BCUT2D eigenvalue weighted by atomic mass is 32.2. The Hall–Kier alpha value is -2.78. The summed E-state index contributed by atoms with van der Waals surface area (Å²) >= 11 is 0. The van der Waals surface area contributed by atoms with Crippen LogP contribution in [-0.4, -0.2) is 38.3 Å². The summed E-state index contributed by atoms with van der Waals surface area (Å²) in [7, 11) is -2.89. The minimum atomic E-state index is -4.42. The molecular weight excluding hydrogens is 422 g/mol. The van der Waals surface area contributed by atoms with Gasteiger partial charge in [0.05, 0.1) is 24.2 Å². The molecule has 2 aromatic carbocycles. The number of nitrogens with zero attached hydrogens (tertiary/aromatic N) is 1. The molecule has 3 rings (SSSR count). The van der Waals surface area contributed by atoms with E-state index in [-0.39, 0.29) is 11.4 Å². The zero-order chi connectivity index (χ0) is 23.1. The molecule has 1 N–H and O–H groups in total. The molecule has 9 heteroatoms. The summed E-state index contributed by atoms with van der Waals surface area (Å²) in [5, 5.41) is 0. The minimum Gasteiger partial charge on any atom is -0.497 e. The van der Waals surface area contributed by atoms with E-state index < -0.39 is 27.9 Å². The van der Waals surface area contributed by atoms with Crippen molar-refractivity contribution >= 4 is 21.9 Å². The van der Waals surface area contributed by atoms with Gasteiger partial charge in [0.25, 0.3) is 10.1 Å². The Morgan fingerprint density at radius 3 is 2.45 bits per heavy atom. The Kier molecular flexibility index (Phi) is 5.94. The monoisotopic (exact) mass is 449 g/mol. The molecule has 31 heavy (non-hydrogen) atoms. The van der Waals surface area contributed by atoms with Gasteiger partial charge in [0.15, 0.2) is 0 Å². The molecule has 1 amide bonds. The topological polar surface area (TPSA) is 102 Å². The number of methoxy groups -OCH3 is 1. The van der Waals surface area contributed by atoms with Crippen LogP contribution in [0.3, 0.4) is 0 Å². The lowest BCUT2D eigenvalue weighted by molar-refractivity contribution is 0.0546. The van der Waals surface area contributed by atoms with Gasteiger partial charge in [-0.05, 0) is 63.9 Å². The minimum absolute atomic E-state index is 0.102. The Labute approximate surface area is 182 Å². The fourth-order valence-electron chi connectivity index (χ4n) is 3.65. The number of aryl methyl sites for hydroxylation is 1. The number of ether oxygens (including phenoxy) is 3. The first-order valence-electron chi connectivity index (χ1n) is 9.74. The summed E-state index contributed by atoms with van der Waals surface area (Å²) in [4.78, 5) is 14.3. The molecule has 1 aliphatic rings. The van der Waals surface area contributed by atoms with Gasteiger partial charge in [-0.2, -0.15) is 8.42 Å². The number of anilines is 1. The third-order valence-corrected chi connectivity index (χ3v) is 5.97. The second-order valence-corrected chi connectivity index (χ2v) is 9.82. The molecule has 8 nitrogen and oxygen atoms in total. The van der Waals surface area contributed by atoms with E-state index in [1.165, 1.54) is 18.1 Å². The highest BCUT2D eigenvalue weighted by Crippen LogP contribution is 2.42. The third kappa shape index (κ3) is 4.77. The predicted octanol–water partition coefficient (Wildman–Crippen LogP) is 4.43. The van der Waals surface area contributed by atoms with Crippen molar-refractivity contribution in [2.45, 2.75) is 51.2 Å². The fourth-order valence-corrected chi connectivity index (χ4v) is 4.39. The van der Waals surface area contributed by atoms with Crippen molar-refractivity contribution in [1.29, 1.82) is 0 Å². The standard InChI is InChI=1S/C22H27NO7S/c1-13-7-10-19(31(25,26)27)14(2)20(13)18-12-23(21(24)30-22(3,4)5)16-9-8-15(28-6)11-17(16)29-18/h7-11,18H,12H2,1-6H3,(H,25,26,27). The number of amides is 1. The molecule has 0 aliphatic carbocycles. The second kappa shape index (κ2) is 8.05. The van der Waals surface area contributed by atoms with Crippen LogP contribution in [0.5, 0.6) is 11.5 Å². The lowest BCUT2D eigenvalue weighted by Crippen LogP contribution is -2.43. The van der Waals surface area contributed by atoms with E-state index in [9.17, 15) is 17.8 Å². The summed E-state index contributed by atoms with van der Waals surface area (Å²) in [5.74, 6) is 0.946. The molecule has 0 bridgehead atoms. The van der Waals surface area contributed by atoms with Crippen LogP contribution in [0.15, 0.2) is 35.2 Å². The van der Waals surface area contributed by atoms with Crippen molar-refractivity contribution in [2.75, 3.05) is 18.6 Å². The quantitative estimate of drug-likeness (QED) is 0.691. The maximum Gasteiger partial charge on any atom is 0.415 e. The zero-order valence-corrected chi connectivity index (χ0v) is 19.2. The van der Waals surface area contributed by atoms with Gasteiger partial charge in [0.1, 0.15) is 23.2 Å². The van der Waals surface area contributed by atoms with E-state index in [1.807, 2.05) is 6.92 Å². The second-order valence-electron chi connectivity index (χ2n) is 8.43. The SMILES string of the molecule is COc1ccc2c(c1)OC(c1c(C)ccc(S(=O)(=O)O)c1C)CN2C(=O)OC(C)(C)C. The first-order chi connectivity index (χ1) is 14.3. The van der Waals surface area contributed by atoms with E-state index >= 15 is 0 Å². The number of carbonyl (C=O) groups excluding carboxylic acids is 1. The van der Waals surface area contributed by atoms with Crippen LogP contribution in [0.4, 0.5) is 10.5 Å². The average molecular weight is 450 g/mol. The smallest absolute Gasteiger partial charge is 0.415 e. The summed E-state index contributed by atoms with van der Waals surface area (Å²) in [6, 6.07) is 8.05. The van der Waals surface area contributed by atoms with Gasteiger partial charge < -0.3 is 14.2 Å². The maximum atomic E-state index is 13.0. The highest BCUT2D eigenvalue weighted by Gasteiger charge is 2.35. The Bertz CT molecular complexity index is 1120. The van der Waals surface area contributed by atoms with E-state index in [1.54, 1.807) is 52.0 Å². The summed E-state index contributed by atoms with van der Waals surface area (Å²) in [6.45, 7) is 8.86. The molecule has 0 radical (unpaired) electrons. The lowest BCUT2D eigenvalue weighted by Gasteiger charge is -2.37. The van der Waals surface area contributed by atoms with Crippen LogP contribution in [0.2, 0.25) is 0 Å². The molecule has 1 heterocycles. The van der Waals surface area contributed by atoms with Gasteiger partial charge in [0, 0.05) is 11.6 Å². The molecule has 0 saturated heterocycles. The van der Waals surface area contributed by atoms with E-state index in [4.69, 9.17) is 14.2 Å². The van der Waals surface area contributed by atoms with Crippen molar-refractivity contribution in [1.82, 2.24) is 0 Å². The van der Waals surface area contributed by atoms with E-state index in [0.717, 1.165) is 5.56 Å². The maximum absolute atomic E-state index is 13.0. The molecule has 1 unspecified atom stereocenters. The lowest BCUT2D eigenvalue weighted by atomic mass is 9.96. The zero-order valence-electron chi connectivity index (χ0n) is 18.4. The highest BCUT2D eigenvalue weighted by molar-refractivity contribution is 7.85. The van der Waals surface area contributed by atoms with Gasteiger partial charge in [-0.1, -0.05) is 6.07 Å². The van der Waals surface area contributed by atoms with Gasteiger partial charge >= 0.3 is 6.09 Å². The van der Waals surface area contributed by atoms with Crippen LogP contribution in [0, 0.1) is 13.8 Å². The predicted molar refractivity (Wildman–Crippen MR) is 116 cm³/mol. The number of benzene rings is 2. The molecule has 168 valence electrons. The first kappa shape index (κ1) is 22.9. The Balaban J connectivity index is 2.13. The normalized spacial score (nSPS) is 16.4. The van der Waals surface area contributed by atoms with E-state index in [0.29, 0.717) is 28.3 Å².